The van der Waals surface area contributed by atoms with Crippen molar-refractivity contribution in [3.05, 3.63) is 34.2 Å². The molecule has 1 N–H and O–H groups in total. The average Bonchev–Trinajstić information content (AvgIpc) is 2.40. The molecule has 1 atom stereocenters. The number of nitrogens with one attached hydrogen (secondary N) is 1. The van der Waals surface area contributed by atoms with Crippen molar-refractivity contribution < 1.29 is 9.53 Å². The third kappa shape index (κ3) is 2.50. The van der Waals surface area contributed by atoms with Crippen LogP contribution in [0.25, 0.3) is 0 Å². The van der Waals surface area contributed by atoms with Crippen LogP contribution in [0.1, 0.15) is 42.5 Å². The van der Waals surface area contributed by atoms with Gasteiger partial charge < -0.3 is 14.6 Å². The predicted molar refractivity (Wildman–Crippen MR) is 74.7 cm³/mol. The zero-order valence-corrected chi connectivity index (χ0v) is 11.7. The minimum absolute atomic E-state index is 0.0169. The summed E-state index contributed by atoms with van der Waals surface area (Å²) in [6, 6.07) is 3.21. The standard InChI is InChI=1S/C15H20N2O3/c1-17-7-3-11(9-13(17)18)14(19)16-12-4-8-20-15(10-12)5-2-6-15/h3,7,9,12H,2,4-6,8,10H2,1H3,(H,16,19). The van der Waals surface area contributed by atoms with E-state index < -0.39 is 0 Å². The maximum Gasteiger partial charge on any atom is 0.251 e. The van der Waals surface area contributed by atoms with Gasteiger partial charge in [0.05, 0.1) is 5.60 Å². The normalized spacial score (nSPS) is 24.1. The van der Waals surface area contributed by atoms with Gasteiger partial charge in [0, 0.05) is 37.5 Å². The van der Waals surface area contributed by atoms with E-state index in [0.29, 0.717) is 12.2 Å². The Balaban J connectivity index is 1.66. The summed E-state index contributed by atoms with van der Waals surface area (Å²) < 4.78 is 7.30. The van der Waals surface area contributed by atoms with E-state index in [9.17, 15) is 9.59 Å². The van der Waals surface area contributed by atoms with E-state index in [4.69, 9.17) is 4.74 Å². The summed E-state index contributed by atoms with van der Waals surface area (Å²) in [4.78, 5) is 23.8. The van der Waals surface area contributed by atoms with Crippen LogP contribution in [-0.4, -0.2) is 28.7 Å². The maximum atomic E-state index is 12.2. The second kappa shape index (κ2) is 5.05. The molecule has 2 heterocycles. The molecule has 1 aliphatic heterocycles. The molecule has 2 fully saturated rings. The molecule has 1 aromatic heterocycles. The maximum absolute atomic E-state index is 12.2. The summed E-state index contributed by atoms with van der Waals surface area (Å²) in [6.07, 6.45) is 6.78. The van der Waals surface area contributed by atoms with Gasteiger partial charge in [-0.05, 0) is 38.2 Å². The van der Waals surface area contributed by atoms with Gasteiger partial charge in [-0.1, -0.05) is 0 Å². The van der Waals surface area contributed by atoms with Crippen LogP contribution in [0.15, 0.2) is 23.1 Å². The first-order valence-electron chi connectivity index (χ1n) is 7.20. The minimum atomic E-state index is -0.167. The Morgan fingerprint density at radius 3 is 2.95 bits per heavy atom. The second-order valence-corrected chi connectivity index (χ2v) is 5.91. The Morgan fingerprint density at radius 2 is 2.30 bits per heavy atom. The van der Waals surface area contributed by atoms with Crippen molar-refractivity contribution >= 4 is 5.91 Å². The van der Waals surface area contributed by atoms with Crippen LogP contribution in [0, 0.1) is 0 Å². The van der Waals surface area contributed by atoms with E-state index in [1.165, 1.54) is 17.1 Å². The van der Waals surface area contributed by atoms with Crippen LogP contribution in [0.2, 0.25) is 0 Å². The van der Waals surface area contributed by atoms with Crippen molar-refractivity contribution in [1.82, 2.24) is 9.88 Å². The van der Waals surface area contributed by atoms with E-state index in [0.717, 1.165) is 25.7 Å². The highest BCUT2D eigenvalue weighted by Gasteiger charge is 2.42. The Labute approximate surface area is 117 Å². The lowest BCUT2D eigenvalue weighted by Crippen LogP contribution is -2.52. The number of hydrogen-bond donors (Lipinski definition) is 1. The fourth-order valence-electron chi connectivity index (χ4n) is 3.03. The highest BCUT2D eigenvalue weighted by atomic mass is 16.5. The number of aryl methyl sites for hydroxylation is 1. The number of rotatable bonds is 2. The molecular formula is C15H20N2O3. The Morgan fingerprint density at radius 1 is 1.50 bits per heavy atom. The minimum Gasteiger partial charge on any atom is -0.375 e. The second-order valence-electron chi connectivity index (χ2n) is 5.91. The number of aromatic nitrogens is 1. The Hall–Kier alpha value is -1.62. The van der Waals surface area contributed by atoms with Gasteiger partial charge in [-0.2, -0.15) is 0 Å². The van der Waals surface area contributed by atoms with Crippen molar-refractivity contribution in [2.75, 3.05) is 6.61 Å². The summed E-state index contributed by atoms with van der Waals surface area (Å²) in [6.45, 7) is 0.710. The third-order valence-corrected chi connectivity index (χ3v) is 4.46. The fraction of sp³-hybridized carbons (Fsp3) is 0.600. The monoisotopic (exact) mass is 276 g/mol. The molecule has 1 unspecified atom stereocenters. The van der Waals surface area contributed by atoms with E-state index in [2.05, 4.69) is 5.32 Å². The number of pyridine rings is 1. The molecule has 3 rings (SSSR count). The van der Waals surface area contributed by atoms with Crippen LogP contribution < -0.4 is 10.9 Å². The molecule has 1 aliphatic carbocycles. The molecule has 0 aromatic carbocycles. The van der Waals surface area contributed by atoms with Gasteiger partial charge in [0.15, 0.2) is 0 Å². The topological polar surface area (TPSA) is 60.3 Å². The van der Waals surface area contributed by atoms with Crippen molar-refractivity contribution in [3.63, 3.8) is 0 Å². The van der Waals surface area contributed by atoms with Gasteiger partial charge in [-0.3, -0.25) is 9.59 Å². The van der Waals surface area contributed by atoms with Crippen LogP contribution in [0.5, 0.6) is 0 Å². The molecule has 1 saturated carbocycles. The summed E-state index contributed by atoms with van der Waals surface area (Å²) >= 11 is 0. The number of carbonyl (C=O) groups is 1. The molecular weight excluding hydrogens is 256 g/mol. The summed E-state index contributed by atoms with van der Waals surface area (Å²) in [7, 11) is 1.67. The lowest BCUT2D eigenvalue weighted by atomic mass is 9.74. The van der Waals surface area contributed by atoms with Crippen LogP contribution in [0.4, 0.5) is 0 Å². The van der Waals surface area contributed by atoms with Crippen molar-refractivity contribution in [2.45, 2.75) is 43.7 Å². The smallest absolute Gasteiger partial charge is 0.251 e. The number of hydrogen-bond acceptors (Lipinski definition) is 3. The van der Waals surface area contributed by atoms with Crippen LogP contribution >= 0.6 is 0 Å². The molecule has 5 heteroatoms. The zero-order valence-electron chi connectivity index (χ0n) is 11.7. The molecule has 2 aliphatic rings. The lowest BCUT2D eigenvalue weighted by Gasteiger charge is -2.47. The van der Waals surface area contributed by atoms with Crippen molar-refractivity contribution in [2.24, 2.45) is 7.05 Å². The van der Waals surface area contributed by atoms with Gasteiger partial charge in [-0.15, -0.1) is 0 Å². The molecule has 5 nitrogen and oxygen atoms in total. The van der Waals surface area contributed by atoms with Crippen LogP contribution in [0.3, 0.4) is 0 Å². The average molecular weight is 276 g/mol. The van der Waals surface area contributed by atoms with Gasteiger partial charge >= 0.3 is 0 Å². The Bertz CT molecular complexity index is 575. The lowest BCUT2D eigenvalue weighted by molar-refractivity contribution is -0.134. The number of nitrogens with zero attached hydrogens (tertiary/aromatic N) is 1. The number of carbonyl (C=O) groups excluding carboxylic acids is 1. The van der Waals surface area contributed by atoms with Gasteiger partial charge in [0.25, 0.3) is 11.5 Å². The van der Waals surface area contributed by atoms with E-state index >= 15 is 0 Å². The molecule has 1 saturated heterocycles. The molecule has 1 spiro atoms. The predicted octanol–water partition coefficient (Wildman–Crippen LogP) is 1.22. The summed E-state index contributed by atoms with van der Waals surface area (Å²) in [5, 5.41) is 3.04. The van der Waals surface area contributed by atoms with Gasteiger partial charge in [0.1, 0.15) is 0 Å². The first-order chi connectivity index (χ1) is 9.58. The highest BCUT2D eigenvalue weighted by Crippen LogP contribution is 2.42. The van der Waals surface area contributed by atoms with Gasteiger partial charge in [0.2, 0.25) is 0 Å². The molecule has 0 bridgehead atoms. The molecule has 20 heavy (non-hydrogen) atoms. The molecule has 1 aromatic rings. The molecule has 108 valence electrons. The first-order valence-corrected chi connectivity index (χ1v) is 7.20. The van der Waals surface area contributed by atoms with Gasteiger partial charge in [-0.25, -0.2) is 0 Å². The zero-order chi connectivity index (χ0) is 14.2. The SMILES string of the molecule is Cn1ccc(C(=O)NC2CCOC3(CCC3)C2)cc1=O. The number of ether oxygens (including phenoxy) is 1. The summed E-state index contributed by atoms with van der Waals surface area (Å²) in [5.74, 6) is -0.163. The number of amides is 1. The quantitative estimate of drug-likeness (QED) is 0.883. The van der Waals surface area contributed by atoms with Crippen LogP contribution in [-0.2, 0) is 11.8 Å². The Kier molecular flexibility index (Phi) is 3.38. The van der Waals surface area contributed by atoms with E-state index in [1.807, 2.05) is 0 Å². The molecule has 1 amide bonds. The largest absolute Gasteiger partial charge is 0.375 e. The first kappa shape index (κ1) is 13.4. The van der Waals surface area contributed by atoms with E-state index in [1.54, 1.807) is 19.3 Å². The molecule has 0 radical (unpaired) electrons. The van der Waals surface area contributed by atoms with E-state index in [-0.39, 0.29) is 23.1 Å². The van der Waals surface area contributed by atoms with Crippen molar-refractivity contribution in [1.29, 1.82) is 0 Å². The third-order valence-electron chi connectivity index (χ3n) is 4.46. The van der Waals surface area contributed by atoms with Crippen molar-refractivity contribution in [3.8, 4) is 0 Å². The highest BCUT2D eigenvalue weighted by molar-refractivity contribution is 5.94. The summed E-state index contributed by atoms with van der Waals surface area (Å²) in [5.41, 5.74) is 0.283. The fourth-order valence-corrected chi connectivity index (χ4v) is 3.03.